The van der Waals surface area contributed by atoms with E-state index in [2.05, 4.69) is 21.7 Å². The van der Waals surface area contributed by atoms with Crippen LogP contribution in [0.15, 0.2) is 78.3 Å². The number of pyridine rings is 1. The third-order valence-corrected chi connectivity index (χ3v) is 6.02. The summed E-state index contributed by atoms with van der Waals surface area (Å²) in [6.45, 7) is 3.89. The summed E-state index contributed by atoms with van der Waals surface area (Å²) in [5, 5.41) is 11.1. The molecule has 9 nitrogen and oxygen atoms in total. The largest absolute Gasteiger partial charge is 0.493 e. The van der Waals surface area contributed by atoms with Gasteiger partial charge in [-0.2, -0.15) is 4.98 Å². The van der Waals surface area contributed by atoms with Gasteiger partial charge in [0, 0.05) is 17.5 Å². The highest BCUT2D eigenvalue weighted by atomic mass is 16.5. The van der Waals surface area contributed by atoms with Gasteiger partial charge in [0.05, 0.1) is 31.7 Å². The molecular weight excluding hydrogens is 456 g/mol. The van der Waals surface area contributed by atoms with Crippen LogP contribution in [0, 0.1) is 6.92 Å². The SMILES string of the molecule is COc1ccc(-c2nc3n(n2)[C@H](c2cccc(C)c2)C(C(=O)Nc2cccnc2)=C(C)N3)cc1OC. The molecule has 2 aromatic carbocycles. The maximum Gasteiger partial charge on any atom is 0.255 e. The number of hydrogen-bond acceptors (Lipinski definition) is 7. The quantitative estimate of drug-likeness (QED) is 0.414. The van der Waals surface area contributed by atoms with Crippen LogP contribution in [0.25, 0.3) is 11.4 Å². The summed E-state index contributed by atoms with van der Waals surface area (Å²) in [4.78, 5) is 22.4. The first-order chi connectivity index (χ1) is 17.5. The fourth-order valence-electron chi connectivity index (χ4n) is 4.33. The van der Waals surface area contributed by atoms with Crippen molar-refractivity contribution in [3.63, 3.8) is 0 Å². The minimum absolute atomic E-state index is 0.242. The zero-order chi connectivity index (χ0) is 25.2. The number of benzene rings is 2. The molecule has 0 bridgehead atoms. The number of carbonyl (C=O) groups is 1. The van der Waals surface area contributed by atoms with Crippen LogP contribution in [0.4, 0.5) is 11.6 Å². The van der Waals surface area contributed by atoms with Crippen molar-refractivity contribution in [2.24, 2.45) is 0 Å². The number of aromatic nitrogens is 4. The van der Waals surface area contributed by atoms with Crippen molar-refractivity contribution in [3.05, 3.63) is 89.4 Å². The Hall–Kier alpha value is -4.66. The summed E-state index contributed by atoms with van der Waals surface area (Å²) in [7, 11) is 3.18. The number of amides is 1. The number of methoxy groups -OCH3 is 2. The van der Waals surface area contributed by atoms with Crippen molar-refractivity contribution < 1.29 is 14.3 Å². The van der Waals surface area contributed by atoms with Gasteiger partial charge in [0.1, 0.15) is 6.04 Å². The average molecular weight is 483 g/mol. The van der Waals surface area contributed by atoms with Gasteiger partial charge in [-0.15, -0.1) is 5.10 Å². The van der Waals surface area contributed by atoms with Crippen molar-refractivity contribution in [1.29, 1.82) is 0 Å². The highest BCUT2D eigenvalue weighted by Gasteiger charge is 2.34. The second kappa shape index (κ2) is 9.53. The van der Waals surface area contributed by atoms with Gasteiger partial charge < -0.3 is 20.1 Å². The molecule has 1 atom stereocenters. The molecule has 0 saturated carbocycles. The lowest BCUT2D eigenvalue weighted by Crippen LogP contribution is -2.31. The Morgan fingerprint density at radius 2 is 1.86 bits per heavy atom. The third-order valence-electron chi connectivity index (χ3n) is 6.02. The van der Waals surface area contributed by atoms with E-state index in [0.717, 1.165) is 16.7 Å². The molecule has 1 amide bonds. The number of allylic oxidation sites excluding steroid dienone is 1. The van der Waals surface area contributed by atoms with E-state index in [1.807, 2.05) is 50.2 Å². The molecule has 0 radical (unpaired) electrons. The number of nitrogens with zero attached hydrogens (tertiary/aromatic N) is 4. The van der Waals surface area contributed by atoms with Crippen molar-refractivity contribution in [1.82, 2.24) is 19.7 Å². The predicted octanol–water partition coefficient (Wildman–Crippen LogP) is 4.59. The summed E-state index contributed by atoms with van der Waals surface area (Å²) < 4.78 is 12.6. The van der Waals surface area contributed by atoms with Gasteiger partial charge in [0.15, 0.2) is 17.3 Å². The molecule has 4 aromatic rings. The topological polar surface area (TPSA) is 103 Å². The van der Waals surface area contributed by atoms with Gasteiger partial charge in [0.2, 0.25) is 5.95 Å². The summed E-state index contributed by atoms with van der Waals surface area (Å²) in [5.74, 6) is 2.00. The van der Waals surface area contributed by atoms with Gasteiger partial charge >= 0.3 is 0 Å². The summed E-state index contributed by atoms with van der Waals surface area (Å²) >= 11 is 0. The van der Waals surface area contributed by atoms with Crippen LogP contribution in [0.2, 0.25) is 0 Å². The molecule has 0 fully saturated rings. The van der Waals surface area contributed by atoms with Crippen LogP contribution in [-0.4, -0.2) is 39.9 Å². The van der Waals surface area contributed by atoms with Crippen molar-refractivity contribution in [3.8, 4) is 22.9 Å². The van der Waals surface area contributed by atoms with E-state index in [1.165, 1.54) is 0 Å². The Kier molecular flexibility index (Phi) is 6.12. The lowest BCUT2D eigenvalue weighted by Gasteiger charge is -2.28. The monoisotopic (exact) mass is 482 g/mol. The highest BCUT2D eigenvalue weighted by molar-refractivity contribution is 6.06. The Labute approximate surface area is 208 Å². The lowest BCUT2D eigenvalue weighted by molar-refractivity contribution is -0.113. The number of anilines is 2. The number of nitrogens with one attached hydrogen (secondary N) is 2. The molecular formula is C27H26N6O3. The minimum atomic E-state index is -0.487. The fraction of sp³-hybridized carbons (Fsp3) is 0.185. The number of ether oxygens (including phenoxy) is 2. The Morgan fingerprint density at radius 1 is 1.03 bits per heavy atom. The maximum atomic E-state index is 13.6. The van der Waals surface area contributed by atoms with E-state index in [0.29, 0.717) is 40.2 Å². The van der Waals surface area contributed by atoms with E-state index in [4.69, 9.17) is 19.6 Å². The Morgan fingerprint density at radius 3 is 2.58 bits per heavy atom. The maximum absolute atomic E-state index is 13.6. The molecule has 0 unspecified atom stereocenters. The standard InChI is InChI=1S/C27H26N6O3/c1-16-7-5-8-18(13-16)24-23(26(34)30-20-9-6-12-28-15-20)17(2)29-27-31-25(32-33(24)27)19-10-11-21(35-3)22(14-19)36-4/h5-15,24H,1-4H3,(H,30,34)(H,29,31,32)/t24-/m1/s1. The Bertz CT molecular complexity index is 1460. The average Bonchev–Trinajstić information content (AvgIpc) is 3.31. The van der Waals surface area contributed by atoms with Crippen LogP contribution in [-0.2, 0) is 4.79 Å². The molecule has 2 aromatic heterocycles. The van der Waals surface area contributed by atoms with Crippen molar-refractivity contribution in [2.75, 3.05) is 24.9 Å². The lowest BCUT2D eigenvalue weighted by atomic mass is 9.94. The first-order valence-corrected chi connectivity index (χ1v) is 11.4. The van der Waals surface area contributed by atoms with E-state index in [-0.39, 0.29) is 5.91 Å². The van der Waals surface area contributed by atoms with Gasteiger partial charge in [0.25, 0.3) is 5.91 Å². The highest BCUT2D eigenvalue weighted by Crippen LogP contribution is 2.38. The zero-order valence-electron chi connectivity index (χ0n) is 20.4. The van der Waals surface area contributed by atoms with Crippen molar-refractivity contribution >= 4 is 17.5 Å². The van der Waals surface area contributed by atoms with E-state index in [9.17, 15) is 4.79 Å². The summed E-state index contributed by atoms with van der Waals surface area (Å²) in [6.07, 6.45) is 3.27. The molecule has 2 N–H and O–H groups in total. The summed E-state index contributed by atoms with van der Waals surface area (Å²) in [5.41, 5.74) is 4.62. The first-order valence-electron chi connectivity index (χ1n) is 11.4. The summed E-state index contributed by atoms with van der Waals surface area (Å²) in [6, 6.07) is 16.7. The van der Waals surface area contributed by atoms with Crippen molar-refractivity contribution in [2.45, 2.75) is 19.9 Å². The molecule has 3 heterocycles. The molecule has 0 spiro atoms. The van der Waals surface area contributed by atoms with E-state index in [1.54, 1.807) is 43.4 Å². The van der Waals surface area contributed by atoms with Gasteiger partial charge in [-0.05, 0) is 49.7 Å². The smallest absolute Gasteiger partial charge is 0.255 e. The number of hydrogen-bond donors (Lipinski definition) is 2. The first kappa shape index (κ1) is 23.1. The number of aryl methyl sites for hydroxylation is 1. The molecule has 0 aliphatic carbocycles. The predicted molar refractivity (Wildman–Crippen MR) is 137 cm³/mol. The van der Waals surface area contributed by atoms with Crippen LogP contribution in [0.5, 0.6) is 11.5 Å². The minimum Gasteiger partial charge on any atom is -0.493 e. The fourth-order valence-corrected chi connectivity index (χ4v) is 4.33. The Balaban J connectivity index is 1.60. The van der Waals surface area contributed by atoms with Gasteiger partial charge in [-0.1, -0.05) is 29.8 Å². The second-order valence-electron chi connectivity index (χ2n) is 8.45. The number of fused-ring (bicyclic) bond motifs is 1. The normalized spacial score (nSPS) is 14.6. The zero-order valence-corrected chi connectivity index (χ0v) is 20.4. The molecule has 36 heavy (non-hydrogen) atoms. The molecule has 1 aliphatic heterocycles. The molecule has 1 aliphatic rings. The van der Waals surface area contributed by atoms with Crippen LogP contribution < -0.4 is 20.1 Å². The van der Waals surface area contributed by atoms with Crippen LogP contribution in [0.1, 0.15) is 24.1 Å². The second-order valence-corrected chi connectivity index (χ2v) is 8.45. The molecule has 182 valence electrons. The van der Waals surface area contributed by atoms with Crippen LogP contribution >= 0.6 is 0 Å². The molecule has 5 rings (SSSR count). The van der Waals surface area contributed by atoms with Gasteiger partial charge in [-0.3, -0.25) is 9.78 Å². The number of rotatable bonds is 6. The number of carbonyl (C=O) groups excluding carboxylic acids is 1. The molecule has 0 saturated heterocycles. The third kappa shape index (κ3) is 4.26. The van der Waals surface area contributed by atoms with E-state index >= 15 is 0 Å². The van der Waals surface area contributed by atoms with Crippen LogP contribution in [0.3, 0.4) is 0 Å². The van der Waals surface area contributed by atoms with Gasteiger partial charge in [-0.25, -0.2) is 4.68 Å². The molecule has 9 heteroatoms. The van der Waals surface area contributed by atoms with E-state index < -0.39 is 6.04 Å².